The first-order valence-corrected chi connectivity index (χ1v) is 8.57. The second-order valence-corrected chi connectivity index (χ2v) is 6.19. The van der Waals surface area contributed by atoms with E-state index in [0.29, 0.717) is 17.2 Å². The summed E-state index contributed by atoms with van der Waals surface area (Å²) in [5.41, 5.74) is 1.88. The van der Waals surface area contributed by atoms with Gasteiger partial charge in [-0.3, -0.25) is 9.59 Å². The van der Waals surface area contributed by atoms with Gasteiger partial charge in [0.25, 0.3) is 11.8 Å². The Morgan fingerprint density at radius 2 is 1.96 bits per heavy atom. The lowest BCUT2D eigenvalue weighted by Gasteiger charge is -2.23. The summed E-state index contributed by atoms with van der Waals surface area (Å²) in [6.45, 7) is 2.33. The van der Waals surface area contributed by atoms with Crippen LogP contribution in [-0.2, 0) is 6.54 Å². The van der Waals surface area contributed by atoms with Crippen molar-refractivity contribution in [3.8, 4) is 0 Å². The molecular weight excluding hydrogens is 318 g/mol. The molecule has 6 heteroatoms. The van der Waals surface area contributed by atoms with E-state index in [0.717, 1.165) is 13.1 Å². The molecule has 1 saturated heterocycles. The van der Waals surface area contributed by atoms with Gasteiger partial charge in [-0.1, -0.05) is 12.1 Å². The van der Waals surface area contributed by atoms with Gasteiger partial charge in [0.15, 0.2) is 5.76 Å². The number of furan rings is 1. The van der Waals surface area contributed by atoms with Crippen LogP contribution in [0.5, 0.6) is 0 Å². The molecule has 1 fully saturated rings. The number of nitrogens with one attached hydrogen (secondary N) is 3. The molecule has 0 spiro atoms. The molecule has 132 valence electrons. The van der Waals surface area contributed by atoms with E-state index in [9.17, 15) is 9.59 Å². The van der Waals surface area contributed by atoms with E-state index in [1.54, 1.807) is 19.2 Å². The third-order valence-corrected chi connectivity index (χ3v) is 4.48. The molecule has 0 unspecified atom stereocenters. The van der Waals surface area contributed by atoms with Gasteiger partial charge in [-0.05, 0) is 55.1 Å². The van der Waals surface area contributed by atoms with Crippen molar-refractivity contribution in [1.82, 2.24) is 16.0 Å². The topological polar surface area (TPSA) is 83.4 Å². The molecule has 2 amide bonds. The minimum absolute atomic E-state index is 0.161. The number of hydrogen-bond donors (Lipinski definition) is 3. The van der Waals surface area contributed by atoms with Gasteiger partial charge in [0.1, 0.15) is 5.76 Å². The Morgan fingerprint density at radius 3 is 2.64 bits per heavy atom. The fourth-order valence-corrected chi connectivity index (χ4v) is 3.03. The molecule has 1 aliphatic rings. The van der Waals surface area contributed by atoms with Crippen LogP contribution < -0.4 is 16.0 Å². The van der Waals surface area contributed by atoms with E-state index in [1.165, 1.54) is 18.4 Å². The third kappa shape index (κ3) is 4.28. The average Bonchev–Trinajstić information content (AvgIpc) is 3.15. The van der Waals surface area contributed by atoms with Crippen molar-refractivity contribution < 1.29 is 14.0 Å². The molecule has 1 aromatic carbocycles. The van der Waals surface area contributed by atoms with Gasteiger partial charge < -0.3 is 20.4 Å². The summed E-state index contributed by atoms with van der Waals surface area (Å²) in [7, 11) is 1.54. The maximum atomic E-state index is 12.3. The first-order chi connectivity index (χ1) is 12.2. The molecule has 0 bridgehead atoms. The molecule has 2 heterocycles. The second-order valence-electron chi connectivity index (χ2n) is 6.19. The molecular formula is C19H23N3O3. The first kappa shape index (κ1) is 17.2. The fraction of sp³-hybridized carbons (Fsp3) is 0.368. The summed E-state index contributed by atoms with van der Waals surface area (Å²) in [6, 6.07) is 11.1. The second kappa shape index (κ2) is 7.98. The maximum Gasteiger partial charge on any atom is 0.286 e. The average molecular weight is 341 g/mol. The Balaban J connectivity index is 1.56. The quantitative estimate of drug-likeness (QED) is 0.777. The summed E-state index contributed by atoms with van der Waals surface area (Å²) in [5.74, 6) is 0.850. The SMILES string of the molecule is CNC(=O)c1ccc(CNC(=O)c2ccc([C@H]3CCCNC3)cc2)o1. The fourth-order valence-electron chi connectivity index (χ4n) is 3.03. The molecule has 6 nitrogen and oxygen atoms in total. The third-order valence-electron chi connectivity index (χ3n) is 4.48. The van der Waals surface area contributed by atoms with Crippen molar-refractivity contribution in [1.29, 1.82) is 0 Å². The Kier molecular flexibility index (Phi) is 5.50. The van der Waals surface area contributed by atoms with E-state index >= 15 is 0 Å². The summed E-state index contributed by atoms with van der Waals surface area (Å²) in [5, 5.41) is 8.71. The molecule has 3 N–H and O–H groups in total. The number of carbonyl (C=O) groups excluding carboxylic acids is 2. The normalized spacial score (nSPS) is 17.1. The first-order valence-electron chi connectivity index (χ1n) is 8.57. The predicted octanol–water partition coefficient (Wildman–Crippen LogP) is 2.04. The van der Waals surface area contributed by atoms with E-state index in [2.05, 4.69) is 16.0 Å². The molecule has 1 aromatic heterocycles. The monoisotopic (exact) mass is 341 g/mol. The maximum absolute atomic E-state index is 12.3. The van der Waals surface area contributed by atoms with Crippen LogP contribution in [0.2, 0.25) is 0 Å². The van der Waals surface area contributed by atoms with Gasteiger partial charge in [-0.25, -0.2) is 0 Å². The van der Waals surface area contributed by atoms with Crippen molar-refractivity contribution in [2.45, 2.75) is 25.3 Å². The highest BCUT2D eigenvalue weighted by Gasteiger charge is 2.16. The lowest BCUT2D eigenvalue weighted by Crippen LogP contribution is -2.28. The number of benzene rings is 1. The number of rotatable bonds is 5. The molecule has 3 rings (SSSR count). The smallest absolute Gasteiger partial charge is 0.286 e. The molecule has 0 aliphatic carbocycles. The minimum atomic E-state index is -0.287. The van der Waals surface area contributed by atoms with Crippen LogP contribution >= 0.6 is 0 Å². The lowest BCUT2D eigenvalue weighted by atomic mass is 9.91. The van der Waals surface area contributed by atoms with Gasteiger partial charge >= 0.3 is 0 Å². The number of amides is 2. The van der Waals surface area contributed by atoms with Gasteiger partial charge in [0.2, 0.25) is 0 Å². The summed E-state index contributed by atoms with van der Waals surface area (Å²) >= 11 is 0. The highest BCUT2D eigenvalue weighted by atomic mass is 16.4. The zero-order chi connectivity index (χ0) is 17.6. The van der Waals surface area contributed by atoms with E-state index < -0.39 is 0 Å². The molecule has 0 saturated carbocycles. The molecule has 25 heavy (non-hydrogen) atoms. The van der Waals surface area contributed by atoms with E-state index in [4.69, 9.17) is 4.42 Å². The van der Waals surface area contributed by atoms with Crippen LogP contribution in [0.25, 0.3) is 0 Å². The minimum Gasteiger partial charge on any atom is -0.454 e. The highest BCUT2D eigenvalue weighted by Crippen LogP contribution is 2.23. The van der Waals surface area contributed by atoms with Crippen molar-refractivity contribution in [2.75, 3.05) is 20.1 Å². The van der Waals surface area contributed by atoms with Crippen LogP contribution in [-0.4, -0.2) is 32.0 Å². The zero-order valence-corrected chi connectivity index (χ0v) is 14.3. The Labute approximate surface area is 147 Å². The Bertz CT molecular complexity index is 731. The van der Waals surface area contributed by atoms with Crippen LogP contribution in [0.15, 0.2) is 40.8 Å². The van der Waals surface area contributed by atoms with E-state index in [-0.39, 0.29) is 24.1 Å². The number of hydrogen-bond acceptors (Lipinski definition) is 4. The van der Waals surface area contributed by atoms with Gasteiger partial charge in [-0.2, -0.15) is 0 Å². The summed E-state index contributed by atoms with van der Waals surface area (Å²) < 4.78 is 5.39. The molecule has 0 radical (unpaired) electrons. The largest absolute Gasteiger partial charge is 0.454 e. The molecule has 1 atom stereocenters. The predicted molar refractivity (Wildman–Crippen MR) is 94.6 cm³/mol. The molecule has 2 aromatic rings. The van der Waals surface area contributed by atoms with Crippen LogP contribution in [0.1, 0.15) is 51.0 Å². The Morgan fingerprint density at radius 1 is 1.16 bits per heavy atom. The Hall–Kier alpha value is -2.60. The van der Waals surface area contributed by atoms with Crippen LogP contribution in [0.3, 0.4) is 0 Å². The van der Waals surface area contributed by atoms with Gasteiger partial charge in [0, 0.05) is 19.2 Å². The van der Waals surface area contributed by atoms with Crippen molar-refractivity contribution >= 4 is 11.8 Å². The zero-order valence-electron chi connectivity index (χ0n) is 14.3. The standard InChI is InChI=1S/C19H23N3O3/c1-20-19(24)17-9-8-16(25-17)12-22-18(23)14-6-4-13(5-7-14)15-3-2-10-21-11-15/h4-9,15,21H,2-3,10-12H2,1H3,(H,20,24)(H,22,23)/t15-/m0/s1. The lowest BCUT2D eigenvalue weighted by molar-refractivity contribution is 0.0933. The van der Waals surface area contributed by atoms with Crippen molar-refractivity contribution in [3.05, 3.63) is 59.0 Å². The van der Waals surface area contributed by atoms with Crippen LogP contribution in [0, 0.1) is 0 Å². The van der Waals surface area contributed by atoms with Gasteiger partial charge in [-0.15, -0.1) is 0 Å². The summed E-state index contributed by atoms with van der Waals surface area (Å²) in [4.78, 5) is 23.7. The number of piperidine rings is 1. The van der Waals surface area contributed by atoms with Crippen molar-refractivity contribution in [2.24, 2.45) is 0 Å². The molecule has 1 aliphatic heterocycles. The highest BCUT2D eigenvalue weighted by molar-refractivity contribution is 5.94. The van der Waals surface area contributed by atoms with Crippen LogP contribution in [0.4, 0.5) is 0 Å². The van der Waals surface area contributed by atoms with E-state index in [1.807, 2.05) is 24.3 Å². The number of carbonyl (C=O) groups is 2. The summed E-state index contributed by atoms with van der Waals surface area (Å²) in [6.07, 6.45) is 2.37. The van der Waals surface area contributed by atoms with Gasteiger partial charge in [0.05, 0.1) is 6.54 Å². The van der Waals surface area contributed by atoms with Crippen molar-refractivity contribution in [3.63, 3.8) is 0 Å².